The molecule has 0 aromatic carbocycles. The average Bonchev–Trinajstić information content (AvgIpc) is 2.30. The Morgan fingerprint density at radius 2 is 2.00 bits per heavy atom. The van der Waals surface area contributed by atoms with E-state index in [0.717, 1.165) is 6.42 Å². The van der Waals surface area contributed by atoms with Crippen LogP contribution in [0, 0.1) is 5.92 Å². The van der Waals surface area contributed by atoms with Gasteiger partial charge in [0.2, 0.25) is 0 Å². The van der Waals surface area contributed by atoms with Gasteiger partial charge in [-0.1, -0.05) is 38.5 Å². The Balaban J connectivity index is 2.78. The average molecular weight is 281 g/mol. The molecule has 1 aliphatic carbocycles. The van der Waals surface area contributed by atoms with Gasteiger partial charge in [-0.05, 0) is 56.7 Å². The predicted octanol–water partition coefficient (Wildman–Crippen LogP) is 5.70. The Bertz CT molecular complexity index is 336. The molecule has 2 heteroatoms. The smallest absolute Gasteiger partial charge is 0.192 e. The van der Waals surface area contributed by atoms with Gasteiger partial charge in [0.25, 0.3) is 0 Å². The molecule has 110 valence electrons. The second kappa shape index (κ2) is 6.40. The normalized spacial score (nSPS) is 27.6. The molecule has 0 N–H and O–H groups in total. The summed E-state index contributed by atoms with van der Waals surface area (Å²) in [5, 5.41) is 0.298. The number of hydrogen-bond donors (Lipinski definition) is 0. The Hall–Kier alpha value is -0.343. The summed E-state index contributed by atoms with van der Waals surface area (Å²) in [6.07, 6.45) is 9.46. The van der Waals surface area contributed by atoms with Crippen LogP contribution in [0.25, 0.3) is 0 Å². The highest BCUT2D eigenvalue weighted by atomic mass is 28.4. The summed E-state index contributed by atoms with van der Waals surface area (Å²) >= 11 is 0. The van der Waals surface area contributed by atoms with Crippen molar-refractivity contribution >= 4 is 8.32 Å². The van der Waals surface area contributed by atoms with E-state index in [1.54, 1.807) is 5.57 Å². The third-order valence-electron chi connectivity index (χ3n) is 4.93. The molecule has 0 unspecified atom stereocenters. The quantitative estimate of drug-likeness (QED) is 0.474. The van der Waals surface area contributed by atoms with Gasteiger partial charge in [-0.15, -0.1) is 6.58 Å². The van der Waals surface area contributed by atoms with Gasteiger partial charge in [0, 0.05) is 6.10 Å². The highest BCUT2D eigenvalue weighted by Gasteiger charge is 2.41. The third-order valence-corrected chi connectivity index (χ3v) is 9.43. The Morgan fingerprint density at radius 3 is 2.47 bits per heavy atom. The fourth-order valence-electron chi connectivity index (χ4n) is 2.56. The first-order valence-corrected chi connectivity index (χ1v) is 10.5. The lowest BCUT2D eigenvalue weighted by Gasteiger charge is -2.43. The lowest BCUT2D eigenvalue weighted by molar-refractivity contribution is 0.0954. The van der Waals surface area contributed by atoms with E-state index in [-0.39, 0.29) is 0 Å². The van der Waals surface area contributed by atoms with Gasteiger partial charge in [-0.3, -0.25) is 0 Å². The molecule has 0 bridgehead atoms. The predicted molar refractivity (Wildman–Crippen MR) is 88.0 cm³/mol. The van der Waals surface area contributed by atoms with Gasteiger partial charge in [0.15, 0.2) is 8.32 Å². The molecule has 1 aliphatic rings. The van der Waals surface area contributed by atoms with E-state index in [1.807, 2.05) is 0 Å². The van der Waals surface area contributed by atoms with E-state index in [0.29, 0.717) is 17.1 Å². The van der Waals surface area contributed by atoms with Crippen molar-refractivity contribution < 1.29 is 4.43 Å². The van der Waals surface area contributed by atoms with Crippen LogP contribution in [0.4, 0.5) is 0 Å². The van der Waals surface area contributed by atoms with Gasteiger partial charge < -0.3 is 4.43 Å². The summed E-state index contributed by atoms with van der Waals surface area (Å²) in [7, 11) is -1.65. The van der Waals surface area contributed by atoms with Crippen LogP contribution >= 0.6 is 0 Å². The van der Waals surface area contributed by atoms with Crippen molar-refractivity contribution in [1.29, 1.82) is 0 Å². The summed E-state index contributed by atoms with van der Waals surface area (Å²) in [6.45, 7) is 17.8. The standard InChI is InChI=1S/C17H32OSi/c1-8-10-15-13-14(9-2)11-12-16(15)18-19(6,7)17(3,4)5/h8-9,15-16H,1,10-13H2,2-7H3/b14-9+/t15-,16-/m1/s1. The molecule has 0 aromatic rings. The molecule has 0 aliphatic heterocycles. The fourth-order valence-corrected chi connectivity index (χ4v) is 3.98. The zero-order chi connectivity index (χ0) is 14.7. The minimum Gasteiger partial charge on any atom is -0.414 e. The highest BCUT2D eigenvalue weighted by Crippen LogP contribution is 2.41. The van der Waals surface area contributed by atoms with Crippen LogP contribution in [0.1, 0.15) is 53.4 Å². The van der Waals surface area contributed by atoms with Crippen LogP contribution in [0.3, 0.4) is 0 Å². The van der Waals surface area contributed by atoms with Crippen LogP contribution in [-0.4, -0.2) is 14.4 Å². The van der Waals surface area contributed by atoms with Crippen molar-refractivity contribution in [3.63, 3.8) is 0 Å². The molecule has 1 rings (SSSR count). The summed E-state index contributed by atoms with van der Waals surface area (Å²) in [4.78, 5) is 0. The second-order valence-corrected chi connectivity index (χ2v) is 12.1. The maximum atomic E-state index is 6.67. The molecule has 19 heavy (non-hydrogen) atoms. The minimum atomic E-state index is -1.65. The third kappa shape index (κ3) is 4.32. The number of allylic oxidation sites excluding steroid dienone is 3. The molecule has 1 nitrogen and oxygen atoms in total. The molecule has 0 radical (unpaired) electrons. The van der Waals surface area contributed by atoms with E-state index >= 15 is 0 Å². The number of hydrogen-bond acceptors (Lipinski definition) is 1. The molecule has 2 atom stereocenters. The molecular formula is C17H32OSi. The van der Waals surface area contributed by atoms with Gasteiger partial charge in [0.1, 0.15) is 0 Å². The first kappa shape index (κ1) is 16.7. The molecule has 0 aromatic heterocycles. The van der Waals surface area contributed by atoms with E-state index < -0.39 is 8.32 Å². The van der Waals surface area contributed by atoms with Gasteiger partial charge in [0.05, 0.1) is 0 Å². The van der Waals surface area contributed by atoms with E-state index in [4.69, 9.17) is 4.43 Å². The van der Waals surface area contributed by atoms with Crippen LogP contribution in [0.2, 0.25) is 18.1 Å². The zero-order valence-electron chi connectivity index (χ0n) is 13.8. The highest BCUT2D eigenvalue weighted by molar-refractivity contribution is 6.74. The molecule has 1 fully saturated rings. The first-order valence-electron chi connectivity index (χ1n) is 7.64. The topological polar surface area (TPSA) is 9.23 Å². The lowest BCUT2D eigenvalue weighted by Crippen LogP contribution is -2.46. The van der Waals surface area contributed by atoms with Crippen molar-refractivity contribution in [3.05, 3.63) is 24.3 Å². The minimum absolute atomic E-state index is 0.298. The SMILES string of the molecule is C=CC[C@@H]1C/C(=C/C)CC[C@H]1O[Si](C)(C)C(C)(C)C. The van der Waals surface area contributed by atoms with E-state index in [9.17, 15) is 0 Å². The van der Waals surface area contributed by atoms with Crippen molar-refractivity contribution in [3.8, 4) is 0 Å². The maximum absolute atomic E-state index is 6.67. The molecule has 0 saturated heterocycles. The molecule has 0 spiro atoms. The van der Waals surface area contributed by atoms with Crippen LogP contribution in [0.5, 0.6) is 0 Å². The monoisotopic (exact) mass is 280 g/mol. The largest absolute Gasteiger partial charge is 0.414 e. The summed E-state index contributed by atoms with van der Waals surface area (Å²) in [5.41, 5.74) is 1.60. The second-order valence-electron chi connectivity index (χ2n) is 7.39. The first-order chi connectivity index (χ1) is 8.71. The molecule has 1 saturated carbocycles. The van der Waals surface area contributed by atoms with Crippen LogP contribution in [-0.2, 0) is 4.43 Å². The number of rotatable bonds is 4. The van der Waals surface area contributed by atoms with Crippen LogP contribution in [0.15, 0.2) is 24.3 Å². The van der Waals surface area contributed by atoms with Crippen LogP contribution < -0.4 is 0 Å². The zero-order valence-corrected chi connectivity index (χ0v) is 14.8. The van der Waals surface area contributed by atoms with Crippen molar-refractivity contribution in [2.75, 3.05) is 0 Å². The van der Waals surface area contributed by atoms with Gasteiger partial charge in [-0.2, -0.15) is 0 Å². The maximum Gasteiger partial charge on any atom is 0.192 e. The summed E-state index contributed by atoms with van der Waals surface area (Å²) in [5.74, 6) is 0.631. The lowest BCUT2D eigenvalue weighted by atomic mass is 9.81. The van der Waals surface area contributed by atoms with Gasteiger partial charge in [-0.25, -0.2) is 0 Å². The summed E-state index contributed by atoms with van der Waals surface area (Å²) in [6, 6.07) is 0. The summed E-state index contributed by atoms with van der Waals surface area (Å²) < 4.78 is 6.67. The molecule has 0 heterocycles. The van der Waals surface area contributed by atoms with Crippen molar-refractivity contribution in [1.82, 2.24) is 0 Å². The Labute approximate surface area is 121 Å². The molecular weight excluding hydrogens is 248 g/mol. The Morgan fingerprint density at radius 1 is 1.37 bits per heavy atom. The van der Waals surface area contributed by atoms with E-state index in [2.05, 4.69) is 59.5 Å². The van der Waals surface area contributed by atoms with Gasteiger partial charge >= 0.3 is 0 Å². The van der Waals surface area contributed by atoms with Crippen molar-refractivity contribution in [2.45, 2.75) is 77.6 Å². The van der Waals surface area contributed by atoms with E-state index in [1.165, 1.54) is 19.3 Å². The van der Waals surface area contributed by atoms with Crippen molar-refractivity contribution in [2.24, 2.45) is 5.92 Å². The fraction of sp³-hybridized carbons (Fsp3) is 0.765. The Kier molecular flexibility index (Phi) is 5.63. The molecule has 0 amide bonds.